The van der Waals surface area contributed by atoms with E-state index in [4.69, 9.17) is 9.47 Å². The average Bonchev–Trinajstić information content (AvgIpc) is 2.64. The lowest BCUT2D eigenvalue weighted by atomic mass is 10.1. The molecule has 1 aromatic carbocycles. The van der Waals surface area contributed by atoms with E-state index in [1.54, 1.807) is 12.4 Å². The van der Waals surface area contributed by atoms with E-state index in [1.807, 2.05) is 64.1 Å². The highest BCUT2D eigenvalue weighted by molar-refractivity contribution is 14.0. The number of aliphatic imine (C=N–C) groups is 1. The first kappa shape index (κ1) is 24.0. The molecule has 154 valence electrons. The highest BCUT2D eigenvalue weighted by Gasteiger charge is 2.14. The normalized spacial score (nSPS) is 11.4. The number of ether oxygens (including phenoxy) is 2. The second kappa shape index (κ2) is 12.4. The van der Waals surface area contributed by atoms with Gasteiger partial charge in [-0.3, -0.25) is 4.98 Å². The van der Waals surface area contributed by atoms with Crippen LogP contribution in [0.1, 0.15) is 33.3 Å². The van der Waals surface area contributed by atoms with Crippen LogP contribution in [0.4, 0.5) is 0 Å². The third-order valence-corrected chi connectivity index (χ3v) is 3.44. The van der Waals surface area contributed by atoms with E-state index < -0.39 is 0 Å². The van der Waals surface area contributed by atoms with Crippen LogP contribution in [-0.4, -0.2) is 36.2 Å². The molecule has 7 heteroatoms. The zero-order valence-electron chi connectivity index (χ0n) is 17.1. The summed E-state index contributed by atoms with van der Waals surface area (Å²) in [5.74, 6) is 2.37. The third-order valence-electron chi connectivity index (χ3n) is 3.44. The number of nitrogens with zero attached hydrogens (tertiary/aromatic N) is 2. The van der Waals surface area contributed by atoms with Gasteiger partial charge < -0.3 is 20.1 Å². The Morgan fingerprint density at radius 3 is 2.57 bits per heavy atom. The topological polar surface area (TPSA) is 67.8 Å². The number of aromatic nitrogens is 1. The zero-order chi connectivity index (χ0) is 19.5. The molecular formula is C21H31IN4O2. The number of rotatable bonds is 8. The number of benzene rings is 1. The maximum Gasteiger partial charge on any atom is 0.191 e. The second-order valence-electron chi connectivity index (χ2n) is 6.98. The van der Waals surface area contributed by atoms with Crippen molar-refractivity contribution in [1.29, 1.82) is 0 Å². The summed E-state index contributed by atoms with van der Waals surface area (Å²) in [7, 11) is 0. The fraction of sp³-hybridized carbons (Fsp3) is 0.429. The first-order valence-corrected chi connectivity index (χ1v) is 9.30. The predicted molar refractivity (Wildman–Crippen MR) is 125 cm³/mol. The molecule has 6 nitrogen and oxygen atoms in total. The summed E-state index contributed by atoms with van der Waals surface area (Å²) >= 11 is 0. The van der Waals surface area contributed by atoms with Gasteiger partial charge >= 0.3 is 0 Å². The summed E-state index contributed by atoms with van der Waals surface area (Å²) < 4.78 is 11.7. The fourth-order valence-electron chi connectivity index (χ4n) is 2.34. The van der Waals surface area contributed by atoms with Crippen LogP contribution in [0.3, 0.4) is 0 Å². The molecule has 0 aliphatic carbocycles. The van der Waals surface area contributed by atoms with E-state index in [9.17, 15) is 0 Å². The van der Waals surface area contributed by atoms with Crippen molar-refractivity contribution in [1.82, 2.24) is 15.6 Å². The van der Waals surface area contributed by atoms with Crippen molar-refractivity contribution in [3.05, 3.63) is 54.4 Å². The minimum atomic E-state index is -0.244. The van der Waals surface area contributed by atoms with E-state index in [2.05, 4.69) is 20.6 Å². The van der Waals surface area contributed by atoms with E-state index in [0.29, 0.717) is 19.7 Å². The molecule has 1 heterocycles. The van der Waals surface area contributed by atoms with Crippen molar-refractivity contribution in [3.63, 3.8) is 0 Å². The first-order chi connectivity index (χ1) is 13.0. The van der Waals surface area contributed by atoms with Gasteiger partial charge in [0.2, 0.25) is 0 Å². The SMILES string of the molecule is CCNC(=NCc1ccccc1OC(C)(C)C)NCCOc1cccnc1.I. The number of halogens is 1. The van der Waals surface area contributed by atoms with Crippen molar-refractivity contribution in [2.24, 2.45) is 4.99 Å². The van der Waals surface area contributed by atoms with Gasteiger partial charge in [-0.2, -0.15) is 0 Å². The lowest BCUT2D eigenvalue weighted by molar-refractivity contribution is 0.129. The highest BCUT2D eigenvalue weighted by atomic mass is 127. The molecule has 0 fully saturated rings. The number of hydrogen-bond donors (Lipinski definition) is 2. The van der Waals surface area contributed by atoms with Crippen molar-refractivity contribution in [3.8, 4) is 11.5 Å². The molecule has 28 heavy (non-hydrogen) atoms. The molecule has 0 atom stereocenters. The Balaban J connectivity index is 0.00000392. The molecule has 0 unspecified atom stereocenters. The third kappa shape index (κ3) is 9.25. The van der Waals surface area contributed by atoms with Crippen LogP contribution < -0.4 is 20.1 Å². The number of hydrogen-bond acceptors (Lipinski definition) is 4. The molecule has 2 rings (SSSR count). The molecule has 2 N–H and O–H groups in total. The van der Waals surface area contributed by atoms with Gasteiger partial charge in [0.1, 0.15) is 23.7 Å². The standard InChI is InChI=1S/C21H30N4O2.HI/c1-5-23-20(24-13-14-26-18-10-8-12-22-16-18)25-15-17-9-6-7-11-19(17)27-21(2,3)4;/h6-12,16H,5,13-15H2,1-4H3,(H2,23,24,25);1H. The summed E-state index contributed by atoms with van der Waals surface area (Å²) in [6.45, 7) is 10.7. The monoisotopic (exact) mass is 498 g/mol. The van der Waals surface area contributed by atoms with Crippen molar-refractivity contribution in [2.45, 2.75) is 39.8 Å². The zero-order valence-corrected chi connectivity index (χ0v) is 19.4. The molecular weight excluding hydrogens is 467 g/mol. The summed E-state index contributed by atoms with van der Waals surface area (Å²) in [5, 5.41) is 6.53. The van der Waals surface area contributed by atoms with Gasteiger partial charge in [-0.1, -0.05) is 18.2 Å². The molecule has 0 radical (unpaired) electrons. The van der Waals surface area contributed by atoms with Crippen LogP contribution in [0, 0.1) is 0 Å². The minimum absolute atomic E-state index is 0. The van der Waals surface area contributed by atoms with Crippen LogP contribution in [-0.2, 0) is 6.54 Å². The molecule has 0 amide bonds. The Kier molecular flexibility index (Phi) is 10.7. The average molecular weight is 498 g/mol. The maximum atomic E-state index is 6.04. The Morgan fingerprint density at radius 2 is 1.89 bits per heavy atom. The van der Waals surface area contributed by atoms with E-state index in [1.165, 1.54) is 0 Å². The summed E-state index contributed by atoms with van der Waals surface area (Å²) in [6, 6.07) is 11.7. The summed E-state index contributed by atoms with van der Waals surface area (Å²) in [6.07, 6.45) is 3.42. The maximum absolute atomic E-state index is 6.04. The van der Waals surface area contributed by atoms with Crippen molar-refractivity contribution in [2.75, 3.05) is 19.7 Å². The molecule has 0 spiro atoms. The quantitative estimate of drug-likeness (QED) is 0.249. The van der Waals surface area contributed by atoms with Gasteiger partial charge in [-0.15, -0.1) is 24.0 Å². The molecule has 2 aromatic rings. The molecule has 0 saturated heterocycles. The lowest BCUT2D eigenvalue weighted by Crippen LogP contribution is -2.39. The van der Waals surface area contributed by atoms with Crippen LogP contribution in [0.15, 0.2) is 53.8 Å². The van der Waals surface area contributed by atoms with Gasteiger partial charge in [0.05, 0.1) is 19.3 Å². The number of nitrogens with one attached hydrogen (secondary N) is 2. The van der Waals surface area contributed by atoms with Gasteiger partial charge in [-0.25, -0.2) is 4.99 Å². The molecule has 1 aromatic heterocycles. The Hall–Kier alpha value is -2.03. The first-order valence-electron chi connectivity index (χ1n) is 9.30. The number of pyridine rings is 1. The van der Waals surface area contributed by atoms with E-state index in [0.717, 1.165) is 29.6 Å². The van der Waals surface area contributed by atoms with Crippen LogP contribution in [0.5, 0.6) is 11.5 Å². The molecule has 0 aliphatic rings. The van der Waals surface area contributed by atoms with Crippen LogP contribution in [0.25, 0.3) is 0 Å². The van der Waals surface area contributed by atoms with Gasteiger partial charge in [0.15, 0.2) is 5.96 Å². The Labute approximate surface area is 185 Å². The van der Waals surface area contributed by atoms with Crippen molar-refractivity contribution < 1.29 is 9.47 Å². The largest absolute Gasteiger partial charge is 0.490 e. The second-order valence-corrected chi connectivity index (χ2v) is 6.98. The Bertz CT molecular complexity index is 718. The fourth-order valence-corrected chi connectivity index (χ4v) is 2.34. The van der Waals surface area contributed by atoms with Crippen molar-refractivity contribution >= 4 is 29.9 Å². The Morgan fingerprint density at radius 1 is 1.11 bits per heavy atom. The summed E-state index contributed by atoms with van der Waals surface area (Å²) in [5.41, 5.74) is 0.808. The molecule has 0 aliphatic heterocycles. The summed E-state index contributed by atoms with van der Waals surface area (Å²) in [4.78, 5) is 8.70. The highest BCUT2D eigenvalue weighted by Crippen LogP contribution is 2.23. The van der Waals surface area contributed by atoms with E-state index in [-0.39, 0.29) is 29.6 Å². The van der Waals surface area contributed by atoms with Crippen LogP contribution >= 0.6 is 24.0 Å². The lowest BCUT2D eigenvalue weighted by Gasteiger charge is -2.23. The molecule has 0 bridgehead atoms. The van der Waals surface area contributed by atoms with Gasteiger partial charge in [0.25, 0.3) is 0 Å². The van der Waals surface area contributed by atoms with Gasteiger partial charge in [0, 0.05) is 18.3 Å². The number of para-hydroxylation sites is 1. The minimum Gasteiger partial charge on any atom is -0.490 e. The number of guanidine groups is 1. The van der Waals surface area contributed by atoms with Crippen LogP contribution in [0.2, 0.25) is 0 Å². The molecule has 0 saturated carbocycles. The van der Waals surface area contributed by atoms with E-state index >= 15 is 0 Å². The predicted octanol–water partition coefficient (Wildman–Crippen LogP) is 4.01. The van der Waals surface area contributed by atoms with Gasteiger partial charge in [-0.05, 0) is 45.9 Å². The smallest absolute Gasteiger partial charge is 0.191 e.